The van der Waals surface area contributed by atoms with Gasteiger partial charge in [0.2, 0.25) is 5.91 Å². The van der Waals surface area contributed by atoms with Gasteiger partial charge in [-0.1, -0.05) is 19.1 Å². The summed E-state index contributed by atoms with van der Waals surface area (Å²) in [6.45, 7) is 4.51. The molecular formula is C16H18N4O2S. The van der Waals surface area contributed by atoms with Crippen molar-refractivity contribution in [3.8, 4) is 0 Å². The molecule has 0 unspecified atom stereocenters. The molecule has 0 radical (unpaired) electrons. The van der Waals surface area contributed by atoms with Crippen LogP contribution in [0.4, 0.5) is 5.13 Å². The van der Waals surface area contributed by atoms with Gasteiger partial charge in [-0.3, -0.25) is 13.9 Å². The summed E-state index contributed by atoms with van der Waals surface area (Å²) in [6, 6.07) is 7.54. The second kappa shape index (κ2) is 6.37. The minimum Gasteiger partial charge on any atom is -0.300 e. The summed E-state index contributed by atoms with van der Waals surface area (Å²) in [5.74, 6) is -0.249. The zero-order valence-corrected chi connectivity index (χ0v) is 13.9. The number of amides is 1. The Bertz CT molecular complexity index is 906. The van der Waals surface area contributed by atoms with Crippen LogP contribution in [-0.4, -0.2) is 20.0 Å². The normalized spacial score (nSPS) is 11.0. The monoisotopic (exact) mass is 330 g/mol. The fourth-order valence-corrected chi connectivity index (χ4v) is 3.28. The van der Waals surface area contributed by atoms with E-state index in [0.29, 0.717) is 11.7 Å². The van der Waals surface area contributed by atoms with Crippen molar-refractivity contribution in [2.75, 3.05) is 5.32 Å². The fraction of sp³-hybridized carbons (Fsp3) is 0.312. The molecule has 120 valence electrons. The summed E-state index contributed by atoms with van der Waals surface area (Å²) in [5.41, 5.74) is 2.34. The lowest BCUT2D eigenvalue weighted by molar-refractivity contribution is -0.116. The average molecular weight is 330 g/mol. The van der Waals surface area contributed by atoms with E-state index in [4.69, 9.17) is 0 Å². The van der Waals surface area contributed by atoms with Gasteiger partial charge in [-0.2, -0.15) is 0 Å². The van der Waals surface area contributed by atoms with Crippen molar-refractivity contribution in [1.82, 2.24) is 14.1 Å². The molecule has 1 amide bonds. The summed E-state index contributed by atoms with van der Waals surface area (Å²) in [5, 5.41) is 5.17. The van der Waals surface area contributed by atoms with Crippen LogP contribution in [0.15, 0.2) is 34.4 Å². The van der Waals surface area contributed by atoms with E-state index in [1.807, 2.05) is 43.5 Å². The van der Waals surface area contributed by atoms with Gasteiger partial charge in [0.15, 0.2) is 5.13 Å². The topological polar surface area (TPSA) is 68.9 Å². The summed E-state index contributed by atoms with van der Waals surface area (Å²) < 4.78 is 3.23. The number of hydrogen-bond acceptors (Lipinski definition) is 4. The number of imidazole rings is 1. The third-order valence-electron chi connectivity index (χ3n) is 3.54. The molecule has 2 aromatic heterocycles. The molecule has 1 N–H and O–H groups in total. The van der Waals surface area contributed by atoms with Crippen molar-refractivity contribution in [3.63, 3.8) is 0 Å². The number of rotatable bonds is 5. The summed E-state index contributed by atoms with van der Waals surface area (Å²) in [7, 11) is 0. The Morgan fingerprint density at radius 3 is 2.57 bits per heavy atom. The molecule has 0 saturated heterocycles. The summed E-state index contributed by atoms with van der Waals surface area (Å²) in [6.07, 6.45) is 0.860. The minimum absolute atomic E-state index is 0.0192. The van der Waals surface area contributed by atoms with Gasteiger partial charge in [-0.05, 0) is 25.5 Å². The molecule has 0 aliphatic carbocycles. The second-order valence-electron chi connectivity index (χ2n) is 5.35. The maximum absolute atomic E-state index is 12.6. The molecule has 0 bridgehead atoms. The van der Waals surface area contributed by atoms with Gasteiger partial charge in [0.05, 0.1) is 16.7 Å². The lowest BCUT2D eigenvalue weighted by Gasteiger charge is -2.03. The van der Waals surface area contributed by atoms with E-state index in [1.54, 1.807) is 4.57 Å². The predicted octanol–water partition coefficient (Wildman–Crippen LogP) is 2.62. The van der Waals surface area contributed by atoms with Gasteiger partial charge in [-0.25, -0.2) is 9.78 Å². The Balaban J connectivity index is 1.92. The first-order chi connectivity index (χ1) is 11.1. The van der Waals surface area contributed by atoms with Crippen LogP contribution in [-0.2, 0) is 17.9 Å². The van der Waals surface area contributed by atoms with E-state index >= 15 is 0 Å². The molecular weight excluding hydrogens is 312 g/mol. The quantitative estimate of drug-likeness (QED) is 0.782. The zero-order chi connectivity index (χ0) is 16.4. The minimum atomic E-state index is -0.249. The van der Waals surface area contributed by atoms with E-state index in [0.717, 1.165) is 23.1 Å². The molecule has 0 fully saturated rings. The van der Waals surface area contributed by atoms with Gasteiger partial charge >= 0.3 is 5.69 Å². The largest absolute Gasteiger partial charge is 0.329 e. The Morgan fingerprint density at radius 2 is 1.96 bits per heavy atom. The Hall–Kier alpha value is -2.41. The van der Waals surface area contributed by atoms with Gasteiger partial charge in [0, 0.05) is 11.9 Å². The third kappa shape index (κ3) is 3.05. The number of nitrogens with zero attached hydrogens (tertiary/aromatic N) is 3. The van der Waals surface area contributed by atoms with Gasteiger partial charge in [0.1, 0.15) is 6.54 Å². The molecule has 0 aliphatic rings. The molecule has 2 heterocycles. The number of aryl methyl sites for hydroxylation is 2. The van der Waals surface area contributed by atoms with Crippen molar-refractivity contribution in [2.45, 2.75) is 33.4 Å². The van der Waals surface area contributed by atoms with Crippen molar-refractivity contribution in [3.05, 3.63) is 45.8 Å². The Morgan fingerprint density at radius 1 is 1.26 bits per heavy atom. The first kappa shape index (κ1) is 15.5. The Kier molecular flexibility index (Phi) is 4.29. The summed E-state index contributed by atoms with van der Waals surface area (Å²) >= 11 is 1.37. The second-order valence-corrected chi connectivity index (χ2v) is 6.21. The highest BCUT2D eigenvalue weighted by molar-refractivity contribution is 7.13. The highest BCUT2D eigenvalue weighted by Crippen LogP contribution is 2.16. The average Bonchev–Trinajstić information content (AvgIpc) is 3.04. The lowest BCUT2D eigenvalue weighted by Crippen LogP contribution is -2.29. The zero-order valence-electron chi connectivity index (χ0n) is 13.1. The van der Waals surface area contributed by atoms with Gasteiger partial charge < -0.3 is 5.32 Å². The summed E-state index contributed by atoms with van der Waals surface area (Å²) in [4.78, 5) is 29.0. The number of anilines is 1. The van der Waals surface area contributed by atoms with Crippen LogP contribution in [0.5, 0.6) is 0 Å². The number of fused-ring (bicyclic) bond motifs is 1. The van der Waals surface area contributed by atoms with Crippen LogP contribution in [0.1, 0.15) is 19.0 Å². The highest BCUT2D eigenvalue weighted by atomic mass is 32.1. The van der Waals surface area contributed by atoms with Gasteiger partial charge in [-0.15, -0.1) is 11.3 Å². The van der Waals surface area contributed by atoms with Crippen LogP contribution >= 0.6 is 11.3 Å². The fourth-order valence-electron chi connectivity index (χ4n) is 2.58. The first-order valence-corrected chi connectivity index (χ1v) is 8.38. The third-order valence-corrected chi connectivity index (χ3v) is 4.41. The maximum atomic E-state index is 12.6. The highest BCUT2D eigenvalue weighted by Gasteiger charge is 2.15. The molecule has 0 atom stereocenters. The number of nitrogens with one attached hydrogen (secondary N) is 1. The SMILES string of the molecule is CCCn1c(=O)n(CC(=O)Nc2nc(C)cs2)c2ccccc21. The van der Waals surface area contributed by atoms with Crippen LogP contribution in [0.3, 0.4) is 0 Å². The predicted molar refractivity (Wildman–Crippen MR) is 92.0 cm³/mol. The van der Waals surface area contributed by atoms with Crippen molar-refractivity contribution in [2.24, 2.45) is 0 Å². The number of hydrogen-bond donors (Lipinski definition) is 1. The number of thiazole rings is 1. The van der Waals surface area contributed by atoms with E-state index in [2.05, 4.69) is 10.3 Å². The van der Waals surface area contributed by atoms with E-state index < -0.39 is 0 Å². The molecule has 6 nitrogen and oxygen atoms in total. The smallest absolute Gasteiger partial charge is 0.300 e. The van der Waals surface area contributed by atoms with Crippen molar-refractivity contribution < 1.29 is 4.79 Å². The number of para-hydroxylation sites is 2. The molecule has 7 heteroatoms. The molecule has 1 aromatic carbocycles. The Labute approximate surface area is 137 Å². The van der Waals surface area contributed by atoms with Crippen molar-refractivity contribution >= 4 is 33.4 Å². The van der Waals surface area contributed by atoms with Gasteiger partial charge in [0.25, 0.3) is 0 Å². The first-order valence-electron chi connectivity index (χ1n) is 7.50. The number of carbonyl (C=O) groups is 1. The molecule has 3 rings (SSSR count). The van der Waals surface area contributed by atoms with E-state index in [1.165, 1.54) is 15.9 Å². The molecule has 0 saturated carbocycles. The number of benzene rings is 1. The van der Waals surface area contributed by atoms with E-state index in [9.17, 15) is 9.59 Å². The van der Waals surface area contributed by atoms with Crippen LogP contribution in [0.2, 0.25) is 0 Å². The number of aromatic nitrogens is 3. The van der Waals surface area contributed by atoms with Crippen LogP contribution in [0.25, 0.3) is 11.0 Å². The maximum Gasteiger partial charge on any atom is 0.329 e. The molecule has 3 aromatic rings. The lowest BCUT2D eigenvalue weighted by atomic mass is 10.3. The molecule has 0 spiro atoms. The van der Waals surface area contributed by atoms with Crippen LogP contribution < -0.4 is 11.0 Å². The van der Waals surface area contributed by atoms with Crippen molar-refractivity contribution in [1.29, 1.82) is 0 Å². The number of carbonyl (C=O) groups excluding carboxylic acids is 1. The van der Waals surface area contributed by atoms with E-state index in [-0.39, 0.29) is 18.1 Å². The molecule has 23 heavy (non-hydrogen) atoms. The standard InChI is InChI=1S/C16H18N4O2S/c1-3-8-19-12-6-4-5-7-13(12)20(16(19)22)9-14(21)18-15-17-11(2)10-23-15/h4-7,10H,3,8-9H2,1-2H3,(H,17,18,21). The molecule has 0 aliphatic heterocycles. The van der Waals surface area contributed by atoms with Crippen LogP contribution in [0, 0.1) is 6.92 Å².